The standard InChI is InChI=1S/C20H21NO3/c1-12(2)15-5-4-6-16-19(15)24-20(3,23-16)17-10-9-14(11-21-17)18(22)13-7-8-13/h4-6,9-13H,7-8H2,1-3H3/t20-/m0/s1. The Morgan fingerprint density at radius 1 is 1.21 bits per heavy atom. The smallest absolute Gasteiger partial charge is 0.292 e. The maximum absolute atomic E-state index is 12.1. The lowest BCUT2D eigenvalue weighted by Crippen LogP contribution is -2.32. The van der Waals surface area contributed by atoms with Crippen molar-refractivity contribution in [2.24, 2.45) is 5.92 Å². The van der Waals surface area contributed by atoms with E-state index in [-0.39, 0.29) is 11.7 Å². The minimum absolute atomic E-state index is 0.192. The molecule has 0 radical (unpaired) electrons. The molecule has 0 unspecified atom stereocenters. The van der Waals surface area contributed by atoms with Crippen LogP contribution in [0.3, 0.4) is 0 Å². The Labute approximate surface area is 141 Å². The summed E-state index contributed by atoms with van der Waals surface area (Å²) in [5.74, 6) is 1.30. The van der Waals surface area contributed by atoms with Crippen molar-refractivity contribution in [2.45, 2.75) is 45.3 Å². The molecular weight excluding hydrogens is 302 g/mol. The number of nitrogens with zero attached hydrogens (tertiary/aromatic N) is 1. The number of carbonyl (C=O) groups excluding carboxylic acids is 1. The number of benzene rings is 1. The van der Waals surface area contributed by atoms with Gasteiger partial charge in [0.15, 0.2) is 17.3 Å². The molecule has 0 amide bonds. The van der Waals surface area contributed by atoms with E-state index in [1.54, 1.807) is 6.20 Å². The highest BCUT2D eigenvalue weighted by Crippen LogP contribution is 2.47. The van der Waals surface area contributed by atoms with Gasteiger partial charge in [-0.3, -0.25) is 9.78 Å². The summed E-state index contributed by atoms with van der Waals surface area (Å²) < 4.78 is 12.2. The number of pyridine rings is 1. The van der Waals surface area contributed by atoms with Crippen molar-refractivity contribution in [1.82, 2.24) is 4.98 Å². The third kappa shape index (κ3) is 2.46. The molecule has 0 spiro atoms. The molecule has 124 valence electrons. The van der Waals surface area contributed by atoms with Crippen molar-refractivity contribution >= 4 is 5.78 Å². The molecule has 4 nitrogen and oxygen atoms in total. The molecule has 1 fully saturated rings. The van der Waals surface area contributed by atoms with E-state index in [1.165, 1.54) is 0 Å². The predicted molar refractivity (Wildman–Crippen MR) is 90.4 cm³/mol. The van der Waals surface area contributed by atoms with Crippen molar-refractivity contribution < 1.29 is 14.3 Å². The molecule has 1 atom stereocenters. The number of rotatable bonds is 4. The first-order chi connectivity index (χ1) is 11.5. The SMILES string of the molecule is CC(C)c1cccc2c1O[C@@](C)(c1ccc(C(=O)C3CC3)cn1)O2. The van der Waals surface area contributed by atoms with Crippen LogP contribution >= 0.6 is 0 Å². The summed E-state index contributed by atoms with van der Waals surface area (Å²) in [7, 11) is 0. The molecule has 1 saturated carbocycles. The van der Waals surface area contributed by atoms with Crippen LogP contribution < -0.4 is 9.47 Å². The first kappa shape index (κ1) is 15.2. The van der Waals surface area contributed by atoms with Gasteiger partial charge in [-0.05, 0) is 37.0 Å². The Bertz CT molecular complexity index is 793. The van der Waals surface area contributed by atoms with E-state index in [0.717, 1.165) is 29.9 Å². The van der Waals surface area contributed by atoms with Crippen molar-refractivity contribution in [3.63, 3.8) is 0 Å². The fraction of sp³-hybridized carbons (Fsp3) is 0.400. The third-order valence-corrected chi connectivity index (χ3v) is 4.69. The zero-order valence-electron chi connectivity index (χ0n) is 14.2. The molecule has 1 aromatic carbocycles. The summed E-state index contributed by atoms with van der Waals surface area (Å²) in [6.45, 7) is 6.12. The summed E-state index contributed by atoms with van der Waals surface area (Å²) in [5.41, 5.74) is 2.46. The van der Waals surface area contributed by atoms with Gasteiger partial charge in [0.2, 0.25) is 0 Å². The lowest BCUT2D eigenvalue weighted by Gasteiger charge is -2.22. The van der Waals surface area contributed by atoms with Crippen molar-refractivity contribution in [2.75, 3.05) is 0 Å². The normalized spacial score (nSPS) is 22.0. The van der Waals surface area contributed by atoms with E-state index in [9.17, 15) is 4.79 Å². The van der Waals surface area contributed by atoms with Gasteiger partial charge in [0.1, 0.15) is 5.69 Å². The Morgan fingerprint density at radius 2 is 2.00 bits per heavy atom. The largest absolute Gasteiger partial charge is 0.443 e. The van der Waals surface area contributed by atoms with Gasteiger partial charge < -0.3 is 9.47 Å². The summed E-state index contributed by atoms with van der Waals surface area (Å²) in [5, 5.41) is 0. The molecule has 1 aliphatic carbocycles. The van der Waals surface area contributed by atoms with Crippen LogP contribution in [0.1, 0.15) is 61.1 Å². The Balaban J connectivity index is 1.62. The van der Waals surface area contributed by atoms with Crippen LogP contribution in [0.15, 0.2) is 36.5 Å². The summed E-state index contributed by atoms with van der Waals surface area (Å²) >= 11 is 0. The van der Waals surface area contributed by atoms with Gasteiger partial charge in [-0.1, -0.05) is 26.0 Å². The van der Waals surface area contributed by atoms with Gasteiger partial charge in [-0.25, -0.2) is 0 Å². The van der Waals surface area contributed by atoms with Crippen LogP contribution in [0.2, 0.25) is 0 Å². The number of hydrogen-bond acceptors (Lipinski definition) is 4. The maximum Gasteiger partial charge on any atom is 0.292 e. The average molecular weight is 323 g/mol. The third-order valence-electron chi connectivity index (χ3n) is 4.69. The quantitative estimate of drug-likeness (QED) is 0.780. The van der Waals surface area contributed by atoms with Gasteiger partial charge in [-0.15, -0.1) is 0 Å². The van der Waals surface area contributed by atoms with Crippen LogP contribution in [0.5, 0.6) is 11.5 Å². The lowest BCUT2D eigenvalue weighted by molar-refractivity contribution is -0.0721. The number of Topliss-reactive ketones (excluding diaryl/α,β-unsaturated/α-hetero) is 1. The van der Waals surface area contributed by atoms with E-state index in [0.29, 0.717) is 17.2 Å². The minimum Gasteiger partial charge on any atom is -0.443 e. The van der Waals surface area contributed by atoms with Crippen LogP contribution in [0.4, 0.5) is 0 Å². The summed E-state index contributed by atoms with van der Waals surface area (Å²) in [6.07, 6.45) is 3.63. The minimum atomic E-state index is -0.964. The number of fused-ring (bicyclic) bond motifs is 1. The van der Waals surface area contributed by atoms with Gasteiger partial charge >= 0.3 is 0 Å². The maximum atomic E-state index is 12.1. The molecular formula is C20H21NO3. The summed E-state index contributed by atoms with van der Waals surface area (Å²) in [4.78, 5) is 16.6. The highest BCUT2D eigenvalue weighted by atomic mass is 16.7. The second-order valence-electron chi connectivity index (χ2n) is 7.05. The molecule has 2 aromatic rings. The molecule has 2 aliphatic rings. The first-order valence-electron chi connectivity index (χ1n) is 8.49. The molecule has 1 aliphatic heterocycles. The topological polar surface area (TPSA) is 48.4 Å². The zero-order valence-corrected chi connectivity index (χ0v) is 14.2. The van der Waals surface area contributed by atoms with Gasteiger partial charge in [-0.2, -0.15) is 0 Å². The Kier molecular flexibility index (Phi) is 3.37. The highest BCUT2D eigenvalue weighted by molar-refractivity contribution is 5.99. The van der Waals surface area contributed by atoms with E-state index in [4.69, 9.17) is 9.47 Å². The fourth-order valence-electron chi connectivity index (χ4n) is 3.10. The van der Waals surface area contributed by atoms with E-state index >= 15 is 0 Å². The summed E-state index contributed by atoms with van der Waals surface area (Å²) in [6, 6.07) is 9.61. The molecule has 1 aromatic heterocycles. The van der Waals surface area contributed by atoms with Crippen molar-refractivity contribution in [3.05, 3.63) is 53.3 Å². The molecule has 0 bridgehead atoms. The van der Waals surface area contributed by atoms with Crippen LogP contribution in [0, 0.1) is 5.92 Å². The number of carbonyl (C=O) groups is 1. The van der Waals surface area contributed by atoms with Crippen molar-refractivity contribution in [1.29, 1.82) is 0 Å². The average Bonchev–Trinajstić information content (AvgIpc) is 3.35. The second kappa shape index (κ2) is 5.33. The molecule has 4 rings (SSSR count). The molecule has 24 heavy (non-hydrogen) atoms. The van der Waals surface area contributed by atoms with E-state index in [2.05, 4.69) is 24.9 Å². The number of hydrogen-bond donors (Lipinski definition) is 0. The predicted octanol–water partition coefficient (Wildman–Crippen LogP) is 4.44. The fourth-order valence-corrected chi connectivity index (χ4v) is 3.10. The van der Waals surface area contributed by atoms with Gasteiger partial charge in [0.25, 0.3) is 5.79 Å². The number of aromatic nitrogens is 1. The molecule has 0 saturated heterocycles. The monoisotopic (exact) mass is 323 g/mol. The Morgan fingerprint density at radius 3 is 2.62 bits per heavy atom. The second-order valence-corrected chi connectivity index (χ2v) is 7.05. The number of ether oxygens (including phenoxy) is 2. The van der Waals surface area contributed by atoms with Crippen molar-refractivity contribution in [3.8, 4) is 11.5 Å². The first-order valence-corrected chi connectivity index (χ1v) is 8.49. The zero-order chi connectivity index (χ0) is 16.9. The molecule has 0 N–H and O–H groups in total. The van der Waals surface area contributed by atoms with Gasteiger partial charge in [0.05, 0.1) is 0 Å². The van der Waals surface area contributed by atoms with E-state index < -0.39 is 5.79 Å². The number of ketones is 1. The molecule has 4 heteroatoms. The number of para-hydroxylation sites is 1. The van der Waals surface area contributed by atoms with Gasteiger partial charge in [0, 0.05) is 30.2 Å². The molecule has 2 heterocycles. The van der Waals surface area contributed by atoms with Crippen LogP contribution in [-0.4, -0.2) is 10.8 Å². The van der Waals surface area contributed by atoms with Crippen LogP contribution in [0.25, 0.3) is 0 Å². The highest BCUT2D eigenvalue weighted by Gasteiger charge is 2.41. The lowest BCUT2D eigenvalue weighted by atomic mass is 10.0. The van der Waals surface area contributed by atoms with Crippen LogP contribution in [-0.2, 0) is 5.79 Å². The van der Waals surface area contributed by atoms with E-state index in [1.807, 2.05) is 31.2 Å². The Hall–Kier alpha value is -2.36.